The largest absolute Gasteiger partial charge is 0.368 e. The van der Waals surface area contributed by atoms with Gasteiger partial charge in [0.25, 0.3) is 0 Å². The predicted molar refractivity (Wildman–Crippen MR) is 63.2 cm³/mol. The highest BCUT2D eigenvalue weighted by molar-refractivity contribution is 5.65. The van der Waals surface area contributed by atoms with Crippen LogP contribution in [0, 0.1) is 17.9 Å². The first-order valence-corrected chi connectivity index (χ1v) is 5.07. The Hall–Kier alpha value is -1.47. The lowest BCUT2D eigenvalue weighted by Crippen LogP contribution is -2.26. The molecular weight excluding hydrogens is 188 g/mol. The highest BCUT2D eigenvalue weighted by atomic mass is 15.1. The fraction of sp³-hybridized carbons (Fsp3) is 0.545. The van der Waals surface area contributed by atoms with Crippen molar-refractivity contribution < 1.29 is 0 Å². The summed E-state index contributed by atoms with van der Waals surface area (Å²) in [6.07, 6.45) is 3.63. The van der Waals surface area contributed by atoms with Crippen molar-refractivity contribution in [3.63, 3.8) is 0 Å². The predicted octanol–water partition coefficient (Wildman–Crippen LogP) is 0.207. The summed E-state index contributed by atoms with van der Waals surface area (Å²) in [7, 11) is 4.09. The zero-order valence-electron chi connectivity index (χ0n) is 9.54. The van der Waals surface area contributed by atoms with Gasteiger partial charge in [-0.1, -0.05) is 5.92 Å². The maximum absolute atomic E-state index is 4.30. The summed E-state index contributed by atoms with van der Waals surface area (Å²) in [5.74, 6) is 4.01. The van der Waals surface area contributed by atoms with Crippen molar-refractivity contribution in [3.05, 3.63) is 12.0 Å². The highest BCUT2D eigenvalue weighted by Crippen LogP contribution is 1.95. The molecule has 0 saturated carbocycles. The average Bonchev–Trinajstić information content (AvgIpc) is 2.15. The first kappa shape index (κ1) is 11.6. The van der Waals surface area contributed by atoms with Crippen LogP contribution in [0.2, 0.25) is 0 Å². The fourth-order valence-electron chi connectivity index (χ4n) is 1.03. The summed E-state index contributed by atoms with van der Waals surface area (Å²) in [6, 6.07) is 2.85. The second kappa shape index (κ2) is 6.10. The Morgan fingerprint density at radius 1 is 1.60 bits per heavy atom. The van der Waals surface area contributed by atoms with Gasteiger partial charge in [-0.3, -0.25) is 0 Å². The Bertz CT molecular complexity index is 306. The summed E-state index contributed by atoms with van der Waals surface area (Å²) in [6.45, 7) is 3.87. The molecule has 2 N–H and O–H groups in total. The molecule has 15 heavy (non-hydrogen) atoms. The summed E-state index contributed by atoms with van der Waals surface area (Å²) in [5, 5.41) is 6.13. The number of hydrogen-bond acceptors (Lipinski definition) is 4. The minimum atomic E-state index is 0.192. The van der Waals surface area contributed by atoms with E-state index in [2.05, 4.69) is 32.5 Å². The normalized spacial score (nSPS) is 25.1. The van der Waals surface area contributed by atoms with E-state index in [1.54, 1.807) is 6.20 Å². The first-order chi connectivity index (χ1) is 7.18. The minimum absolute atomic E-state index is 0.192. The Labute approximate surface area is 91.4 Å². The molecule has 0 aromatic carbocycles. The Balaban J connectivity index is 2.41. The van der Waals surface area contributed by atoms with Crippen LogP contribution in [0.25, 0.3) is 0 Å². The van der Waals surface area contributed by atoms with Crippen LogP contribution in [-0.4, -0.2) is 38.3 Å². The van der Waals surface area contributed by atoms with Crippen molar-refractivity contribution in [2.45, 2.75) is 6.92 Å². The van der Waals surface area contributed by atoms with Crippen LogP contribution in [0.4, 0.5) is 0 Å². The van der Waals surface area contributed by atoms with Crippen molar-refractivity contribution in [1.29, 1.82) is 0 Å². The van der Waals surface area contributed by atoms with Crippen molar-refractivity contribution in [1.82, 2.24) is 15.5 Å². The number of aliphatic imine (C=N–C) groups is 1. The van der Waals surface area contributed by atoms with Crippen LogP contribution in [0.5, 0.6) is 0 Å². The van der Waals surface area contributed by atoms with Crippen LogP contribution in [0.15, 0.2) is 17.0 Å². The molecule has 1 rings (SSSR count). The molecule has 1 heterocycles. The topological polar surface area (TPSA) is 39.7 Å². The SMILES string of the molecule is C[C@@H]1C#CN/C=C(NCCN(C)C)\N=C/1. The second-order valence-corrected chi connectivity index (χ2v) is 3.74. The highest BCUT2D eigenvalue weighted by Gasteiger charge is 1.97. The van der Waals surface area contributed by atoms with E-state index in [4.69, 9.17) is 0 Å². The van der Waals surface area contributed by atoms with E-state index in [-0.39, 0.29) is 5.92 Å². The summed E-state index contributed by atoms with van der Waals surface area (Å²) < 4.78 is 0. The molecule has 1 atom stereocenters. The molecule has 0 unspecified atom stereocenters. The Kier molecular flexibility index (Phi) is 4.72. The molecule has 0 aliphatic carbocycles. The first-order valence-electron chi connectivity index (χ1n) is 5.07. The van der Waals surface area contributed by atoms with Crippen molar-refractivity contribution >= 4 is 6.21 Å². The van der Waals surface area contributed by atoms with Crippen molar-refractivity contribution in [2.24, 2.45) is 10.9 Å². The lowest BCUT2D eigenvalue weighted by molar-refractivity contribution is 0.407. The molecule has 0 saturated heterocycles. The average molecular weight is 206 g/mol. The van der Waals surface area contributed by atoms with E-state index in [9.17, 15) is 0 Å². The van der Waals surface area contributed by atoms with Gasteiger partial charge in [0, 0.05) is 25.3 Å². The van der Waals surface area contributed by atoms with E-state index in [0.717, 1.165) is 18.9 Å². The molecule has 0 aromatic rings. The zero-order chi connectivity index (χ0) is 11.1. The van der Waals surface area contributed by atoms with Gasteiger partial charge in [0.05, 0.1) is 12.1 Å². The molecule has 1 aliphatic heterocycles. The number of nitrogens with zero attached hydrogens (tertiary/aromatic N) is 2. The van der Waals surface area contributed by atoms with Crippen molar-refractivity contribution in [3.8, 4) is 12.0 Å². The summed E-state index contributed by atoms with van der Waals surface area (Å²) in [4.78, 5) is 6.42. The van der Waals surface area contributed by atoms with Crippen LogP contribution in [0.1, 0.15) is 6.92 Å². The van der Waals surface area contributed by atoms with Crippen LogP contribution >= 0.6 is 0 Å². The molecule has 0 bridgehead atoms. The molecule has 0 radical (unpaired) electrons. The van der Waals surface area contributed by atoms with Gasteiger partial charge in [-0.2, -0.15) is 0 Å². The van der Waals surface area contributed by atoms with Gasteiger partial charge in [0.2, 0.25) is 0 Å². The number of rotatable bonds is 4. The van der Waals surface area contributed by atoms with Gasteiger partial charge in [0.1, 0.15) is 5.82 Å². The second-order valence-electron chi connectivity index (χ2n) is 3.74. The third-order valence-electron chi connectivity index (χ3n) is 1.88. The van der Waals surface area contributed by atoms with Gasteiger partial charge in [0.15, 0.2) is 0 Å². The molecule has 0 amide bonds. The monoisotopic (exact) mass is 206 g/mol. The van der Waals surface area contributed by atoms with E-state index in [0.29, 0.717) is 0 Å². The molecule has 0 aromatic heterocycles. The molecule has 0 fully saturated rings. The van der Waals surface area contributed by atoms with Gasteiger partial charge in [-0.15, -0.1) is 0 Å². The minimum Gasteiger partial charge on any atom is -0.368 e. The van der Waals surface area contributed by atoms with E-state index in [1.165, 1.54) is 0 Å². The molecular formula is C11H18N4. The van der Waals surface area contributed by atoms with E-state index < -0.39 is 0 Å². The smallest absolute Gasteiger partial charge is 0.142 e. The lowest BCUT2D eigenvalue weighted by Gasteiger charge is -2.12. The third kappa shape index (κ3) is 5.08. The molecule has 82 valence electrons. The van der Waals surface area contributed by atoms with Gasteiger partial charge < -0.3 is 15.5 Å². The van der Waals surface area contributed by atoms with E-state index in [1.807, 2.05) is 27.2 Å². The van der Waals surface area contributed by atoms with Crippen LogP contribution in [-0.2, 0) is 0 Å². The molecule has 1 aliphatic rings. The fourth-order valence-corrected chi connectivity index (χ4v) is 1.03. The van der Waals surface area contributed by atoms with Gasteiger partial charge >= 0.3 is 0 Å². The number of likely N-dealkylation sites (N-methyl/N-ethyl adjacent to an activating group) is 1. The maximum atomic E-state index is 4.30. The van der Waals surface area contributed by atoms with Crippen LogP contribution in [0.3, 0.4) is 0 Å². The zero-order valence-corrected chi connectivity index (χ0v) is 9.54. The summed E-state index contributed by atoms with van der Waals surface area (Å²) >= 11 is 0. The Morgan fingerprint density at radius 3 is 3.13 bits per heavy atom. The number of hydrogen-bond donors (Lipinski definition) is 2. The standard InChI is InChI=1S/C11H18N4/c1-10-4-5-12-9-11(14-8-10)13-6-7-15(2)3/h8-10,12-13H,6-7H2,1-3H3/b11-9-,14-8-/t10-/m1/s1. The number of nitrogens with one attached hydrogen (secondary N) is 2. The third-order valence-corrected chi connectivity index (χ3v) is 1.88. The molecule has 4 nitrogen and oxygen atoms in total. The summed E-state index contributed by atoms with van der Waals surface area (Å²) in [5.41, 5.74) is 0. The van der Waals surface area contributed by atoms with Gasteiger partial charge in [-0.05, 0) is 21.0 Å². The van der Waals surface area contributed by atoms with Crippen LogP contribution < -0.4 is 10.6 Å². The molecule has 0 spiro atoms. The maximum Gasteiger partial charge on any atom is 0.142 e. The Morgan fingerprint density at radius 2 is 2.40 bits per heavy atom. The quantitative estimate of drug-likeness (QED) is 0.646. The van der Waals surface area contributed by atoms with E-state index >= 15 is 0 Å². The lowest BCUT2D eigenvalue weighted by atomic mass is 10.2. The molecule has 4 heteroatoms. The van der Waals surface area contributed by atoms with Gasteiger partial charge in [-0.25, -0.2) is 4.99 Å². The van der Waals surface area contributed by atoms with Crippen molar-refractivity contribution in [2.75, 3.05) is 27.2 Å².